The fraction of sp³-hybridized carbons (Fsp3) is 0.250. The first-order chi connectivity index (χ1) is 20.9. The van der Waals surface area contributed by atoms with Gasteiger partial charge in [-0.3, -0.25) is 24.0 Å². The molecule has 1 saturated heterocycles. The van der Waals surface area contributed by atoms with Crippen LogP contribution in [0.4, 0.5) is 5.82 Å². The van der Waals surface area contributed by atoms with Gasteiger partial charge in [-0.15, -0.1) is 0 Å². The predicted octanol–water partition coefficient (Wildman–Crippen LogP) is 5.11. The molecule has 0 saturated carbocycles. The van der Waals surface area contributed by atoms with Gasteiger partial charge in [0.25, 0.3) is 5.91 Å². The summed E-state index contributed by atoms with van der Waals surface area (Å²) in [6.07, 6.45) is 1.30. The minimum Gasteiger partial charge on any atom is -0.379 e. The van der Waals surface area contributed by atoms with Gasteiger partial charge in [0.15, 0.2) is 11.5 Å². The highest BCUT2D eigenvalue weighted by molar-refractivity contribution is 6.33. The van der Waals surface area contributed by atoms with Crippen LogP contribution in [-0.4, -0.2) is 77.9 Å². The van der Waals surface area contributed by atoms with E-state index >= 15 is 0 Å². The fourth-order valence-electron chi connectivity index (χ4n) is 4.97. The highest BCUT2D eigenvalue weighted by Gasteiger charge is 2.31. The van der Waals surface area contributed by atoms with E-state index in [4.69, 9.17) is 32.9 Å². The molecule has 222 valence electrons. The summed E-state index contributed by atoms with van der Waals surface area (Å²) in [4.78, 5) is 47.8. The molecule has 5 rings (SSSR count). The Bertz CT molecular complexity index is 1580. The Kier molecular flexibility index (Phi) is 9.89. The first-order valence-corrected chi connectivity index (χ1v) is 14.6. The van der Waals surface area contributed by atoms with Crippen molar-refractivity contribution in [2.75, 3.05) is 44.8 Å². The van der Waals surface area contributed by atoms with Gasteiger partial charge in [-0.1, -0.05) is 59.6 Å². The third-order valence-corrected chi connectivity index (χ3v) is 7.82. The van der Waals surface area contributed by atoms with Gasteiger partial charge in [-0.05, 0) is 47.5 Å². The Morgan fingerprint density at radius 2 is 1.63 bits per heavy atom. The minimum absolute atomic E-state index is 0.109. The van der Waals surface area contributed by atoms with E-state index < -0.39 is 5.91 Å². The number of ether oxygens (including phenoxy) is 1. The lowest BCUT2D eigenvalue weighted by atomic mass is 10.1. The number of morpholine rings is 1. The van der Waals surface area contributed by atoms with Crippen LogP contribution in [0, 0.1) is 0 Å². The van der Waals surface area contributed by atoms with Crippen LogP contribution >= 0.6 is 23.2 Å². The number of carbonyl (C=O) groups is 3. The Morgan fingerprint density at radius 3 is 2.28 bits per heavy atom. The maximum absolute atomic E-state index is 13.9. The van der Waals surface area contributed by atoms with E-state index in [-0.39, 0.29) is 24.6 Å². The number of aldehydes is 1. The molecule has 9 nitrogen and oxygen atoms in total. The molecule has 2 heterocycles. The molecular formula is C32H31Cl2N5O4. The molecule has 1 aromatic heterocycles. The number of benzene rings is 3. The average molecular weight is 621 g/mol. The number of likely N-dealkylation sites (N-methyl/N-ethyl adjacent to an activating group) is 1. The zero-order chi connectivity index (χ0) is 30.3. The molecule has 0 radical (unpaired) electrons. The molecule has 2 amide bonds. The molecule has 0 unspecified atom stereocenters. The van der Waals surface area contributed by atoms with Gasteiger partial charge < -0.3 is 14.4 Å². The predicted molar refractivity (Wildman–Crippen MR) is 167 cm³/mol. The largest absolute Gasteiger partial charge is 0.379 e. The topological polar surface area (TPSA) is 88.0 Å². The number of nitrogens with zero attached hydrogens (tertiary/aromatic N) is 5. The SMILES string of the molecule is CN(CC=O)C(=O)c1c(N(C=O)Cc2ccc(CN3CCOCC3)cc2)nc(-c2ccccc2Cl)n1-c1ccc(Cl)cc1. The third kappa shape index (κ3) is 6.97. The van der Waals surface area contributed by atoms with E-state index in [0.717, 1.165) is 44.0 Å². The molecular weight excluding hydrogens is 589 g/mol. The molecule has 1 aliphatic heterocycles. The first kappa shape index (κ1) is 30.4. The van der Waals surface area contributed by atoms with Crippen LogP contribution in [0.3, 0.4) is 0 Å². The van der Waals surface area contributed by atoms with Crippen LogP contribution in [-0.2, 0) is 27.4 Å². The van der Waals surface area contributed by atoms with Crippen LogP contribution in [0.15, 0.2) is 72.8 Å². The monoisotopic (exact) mass is 619 g/mol. The van der Waals surface area contributed by atoms with E-state index in [9.17, 15) is 14.4 Å². The van der Waals surface area contributed by atoms with Crippen LogP contribution in [0.2, 0.25) is 10.0 Å². The smallest absolute Gasteiger partial charge is 0.274 e. The second-order valence-corrected chi connectivity index (χ2v) is 11.0. The number of aromatic nitrogens is 2. The second-order valence-electron chi connectivity index (χ2n) is 10.2. The summed E-state index contributed by atoms with van der Waals surface area (Å²) in [7, 11) is 1.52. The van der Waals surface area contributed by atoms with Crippen LogP contribution < -0.4 is 4.90 Å². The normalized spacial score (nSPS) is 13.5. The van der Waals surface area contributed by atoms with Gasteiger partial charge in [0.1, 0.15) is 12.1 Å². The Balaban J connectivity index is 1.59. The zero-order valence-corrected chi connectivity index (χ0v) is 25.2. The van der Waals surface area contributed by atoms with E-state index in [2.05, 4.69) is 4.90 Å². The molecule has 0 bridgehead atoms. The van der Waals surface area contributed by atoms with Crippen LogP contribution in [0.5, 0.6) is 0 Å². The van der Waals surface area contributed by atoms with Gasteiger partial charge in [0.05, 0.1) is 31.3 Å². The standard InChI is InChI=1S/C32H31Cl2N5O4/c1-36(14-17-40)32(42)29-31(38(22-41)21-24-8-6-23(7-9-24)20-37-15-18-43-19-16-37)35-30(27-4-2-3-5-28(27)34)39(29)26-12-10-25(33)11-13-26/h2-13,17,22H,14-16,18-21H2,1H3. The summed E-state index contributed by atoms with van der Waals surface area (Å²) in [6.45, 7) is 4.08. The maximum atomic E-state index is 13.9. The Labute approximate surface area is 260 Å². The van der Waals surface area contributed by atoms with E-state index in [1.807, 2.05) is 30.3 Å². The van der Waals surface area contributed by atoms with Crippen molar-refractivity contribution in [1.29, 1.82) is 0 Å². The molecule has 4 aromatic rings. The van der Waals surface area contributed by atoms with E-state index in [1.165, 1.54) is 16.8 Å². The van der Waals surface area contributed by atoms with Crippen molar-refractivity contribution in [2.24, 2.45) is 0 Å². The molecule has 0 atom stereocenters. The average Bonchev–Trinajstić information content (AvgIpc) is 3.41. The maximum Gasteiger partial charge on any atom is 0.274 e. The van der Waals surface area contributed by atoms with Crippen molar-refractivity contribution in [3.05, 3.63) is 99.7 Å². The van der Waals surface area contributed by atoms with Gasteiger partial charge in [-0.25, -0.2) is 4.98 Å². The summed E-state index contributed by atoms with van der Waals surface area (Å²) >= 11 is 12.8. The van der Waals surface area contributed by atoms with Crippen molar-refractivity contribution < 1.29 is 19.1 Å². The third-order valence-electron chi connectivity index (χ3n) is 7.24. The van der Waals surface area contributed by atoms with Gasteiger partial charge in [-0.2, -0.15) is 0 Å². The highest BCUT2D eigenvalue weighted by atomic mass is 35.5. The second kappa shape index (κ2) is 14.0. The van der Waals surface area contributed by atoms with Gasteiger partial charge >= 0.3 is 0 Å². The molecule has 1 aliphatic rings. The van der Waals surface area contributed by atoms with Crippen molar-refractivity contribution in [3.8, 4) is 17.1 Å². The zero-order valence-electron chi connectivity index (χ0n) is 23.7. The van der Waals surface area contributed by atoms with Crippen molar-refractivity contribution in [2.45, 2.75) is 13.1 Å². The lowest BCUT2D eigenvalue weighted by Gasteiger charge is -2.26. The van der Waals surface area contributed by atoms with Gasteiger partial charge in [0, 0.05) is 43.0 Å². The van der Waals surface area contributed by atoms with Crippen molar-refractivity contribution in [3.63, 3.8) is 0 Å². The summed E-state index contributed by atoms with van der Waals surface area (Å²) in [5.74, 6) is 0.00839. The summed E-state index contributed by atoms with van der Waals surface area (Å²) in [5.41, 5.74) is 3.27. The Morgan fingerprint density at radius 1 is 0.953 bits per heavy atom. The summed E-state index contributed by atoms with van der Waals surface area (Å²) in [6, 6.07) is 22.1. The van der Waals surface area contributed by atoms with Gasteiger partial charge in [0.2, 0.25) is 6.41 Å². The number of hydrogen-bond acceptors (Lipinski definition) is 6. The van der Waals surface area contributed by atoms with Crippen molar-refractivity contribution in [1.82, 2.24) is 19.4 Å². The van der Waals surface area contributed by atoms with E-state index in [1.54, 1.807) is 47.0 Å². The number of amides is 2. The minimum atomic E-state index is -0.490. The Hall–Kier alpha value is -4.02. The summed E-state index contributed by atoms with van der Waals surface area (Å²) in [5, 5.41) is 0.934. The molecule has 0 aliphatic carbocycles. The molecule has 0 N–H and O–H groups in total. The van der Waals surface area contributed by atoms with Crippen molar-refractivity contribution >= 4 is 47.6 Å². The summed E-state index contributed by atoms with van der Waals surface area (Å²) < 4.78 is 7.09. The number of carbonyl (C=O) groups excluding carboxylic acids is 3. The molecule has 43 heavy (non-hydrogen) atoms. The lowest BCUT2D eigenvalue weighted by molar-refractivity contribution is -0.108. The number of halogens is 2. The number of hydrogen-bond donors (Lipinski definition) is 0. The number of imidazole rings is 1. The van der Waals surface area contributed by atoms with E-state index in [0.29, 0.717) is 39.8 Å². The number of rotatable bonds is 11. The molecule has 0 spiro atoms. The molecule has 1 fully saturated rings. The number of anilines is 1. The quantitative estimate of drug-likeness (QED) is 0.217. The fourth-order valence-corrected chi connectivity index (χ4v) is 5.31. The van der Waals surface area contributed by atoms with Crippen LogP contribution in [0.25, 0.3) is 17.1 Å². The lowest BCUT2D eigenvalue weighted by Crippen LogP contribution is -2.35. The first-order valence-electron chi connectivity index (χ1n) is 13.8. The molecule has 3 aromatic carbocycles. The highest BCUT2D eigenvalue weighted by Crippen LogP contribution is 2.36. The van der Waals surface area contributed by atoms with Crippen LogP contribution in [0.1, 0.15) is 21.6 Å². The molecule has 11 heteroatoms.